The van der Waals surface area contributed by atoms with Crippen molar-refractivity contribution in [2.75, 3.05) is 0 Å². The number of hydrogen-bond donors (Lipinski definition) is 1. The van der Waals surface area contributed by atoms with Gasteiger partial charge in [0.2, 0.25) is 0 Å². The van der Waals surface area contributed by atoms with Crippen molar-refractivity contribution < 1.29 is 5.21 Å². The van der Waals surface area contributed by atoms with Crippen LogP contribution in [-0.2, 0) is 6.42 Å². The molecule has 1 aromatic rings. The van der Waals surface area contributed by atoms with E-state index >= 15 is 0 Å². The van der Waals surface area contributed by atoms with E-state index in [9.17, 15) is 0 Å². The first kappa shape index (κ1) is 8.27. The van der Waals surface area contributed by atoms with E-state index in [-0.39, 0.29) is 0 Å². The highest BCUT2D eigenvalue weighted by molar-refractivity contribution is 7.71. The van der Waals surface area contributed by atoms with Gasteiger partial charge >= 0.3 is 0 Å². The molecule has 0 aromatic carbocycles. The smallest absolute Gasteiger partial charge is 0.145 e. The Balaban J connectivity index is 3.07. The monoisotopic (exact) mass is 169 g/mol. The number of aromatic nitrogens is 1. The highest BCUT2D eigenvalue weighted by Gasteiger charge is 1.95. The summed E-state index contributed by atoms with van der Waals surface area (Å²) in [6.45, 7) is 2.09. The van der Waals surface area contributed by atoms with E-state index in [1.54, 1.807) is 12.3 Å². The molecule has 0 atom stereocenters. The molecule has 11 heavy (non-hydrogen) atoms. The Morgan fingerprint density at radius 1 is 1.64 bits per heavy atom. The molecule has 1 aromatic heterocycles. The third-order valence-corrected chi connectivity index (χ3v) is 1.98. The van der Waals surface area contributed by atoms with E-state index in [4.69, 9.17) is 17.4 Å². The van der Waals surface area contributed by atoms with E-state index in [0.717, 1.165) is 23.1 Å². The number of pyridine rings is 1. The van der Waals surface area contributed by atoms with Crippen LogP contribution in [0.15, 0.2) is 18.3 Å². The lowest BCUT2D eigenvalue weighted by Crippen LogP contribution is -1.96. The lowest BCUT2D eigenvalue weighted by atomic mass is 10.2. The molecule has 60 valence electrons. The third-order valence-electron chi connectivity index (χ3n) is 1.53. The van der Waals surface area contributed by atoms with Crippen LogP contribution in [0.4, 0.5) is 0 Å². The van der Waals surface area contributed by atoms with Crippen LogP contribution < -0.4 is 0 Å². The Morgan fingerprint density at radius 3 is 3.00 bits per heavy atom. The summed E-state index contributed by atoms with van der Waals surface area (Å²) in [7, 11) is 0. The highest BCUT2D eigenvalue weighted by atomic mass is 32.1. The average molecular weight is 169 g/mol. The molecule has 3 heteroatoms. The van der Waals surface area contributed by atoms with Crippen LogP contribution in [0.1, 0.15) is 18.9 Å². The Bertz CT molecular complexity index is 292. The van der Waals surface area contributed by atoms with Crippen LogP contribution in [0.5, 0.6) is 0 Å². The average Bonchev–Trinajstić information content (AvgIpc) is 1.99. The van der Waals surface area contributed by atoms with Gasteiger partial charge in [-0.3, -0.25) is 0 Å². The van der Waals surface area contributed by atoms with Crippen molar-refractivity contribution >= 4 is 12.2 Å². The number of rotatable bonds is 2. The Hall–Kier alpha value is -0.830. The second-order valence-corrected chi connectivity index (χ2v) is 2.82. The molecule has 0 fully saturated rings. The standard InChI is InChI=1S/C8H11NOS/c1-2-4-7-5-3-6-9(10)8(7)11/h3,5-6,10H,2,4H2,1H3. The van der Waals surface area contributed by atoms with E-state index in [1.807, 2.05) is 6.07 Å². The lowest BCUT2D eigenvalue weighted by molar-refractivity contribution is 0.179. The lowest BCUT2D eigenvalue weighted by Gasteiger charge is -2.01. The van der Waals surface area contributed by atoms with Crippen LogP contribution in [0, 0.1) is 4.64 Å². The van der Waals surface area contributed by atoms with E-state index in [2.05, 4.69) is 6.92 Å². The van der Waals surface area contributed by atoms with Crippen molar-refractivity contribution in [1.29, 1.82) is 0 Å². The molecular formula is C8H11NOS. The van der Waals surface area contributed by atoms with Crippen LogP contribution in [-0.4, -0.2) is 9.94 Å². The van der Waals surface area contributed by atoms with Gasteiger partial charge in [0.1, 0.15) is 4.64 Å². The van der Waals surface area contributed by atoms with Crippen molar-refractivity contribution in [3.63, 3.8) is 0 Å². The van der Waals surface area contributed by atoms with E-state index < -0.39 is 0 Å². The molecule has 0 unspecified atom stereocenters. The van der Waals surface area contributed by atoms with Crippen LogP contribution >= 0.6 is 12.2 Å². The summed E-state index contributed by atoms with van der Waals surface area (Å²) in [6, 6.07) is 3.74. The second kappa shape index (κ2) is 3.53. The maximum absolute atomic E-state index is 9.14. The van der Waals surface area contributed by atoms with Gasteiger partial charge in [0.25, 0.3) is 0 Å². The van der Waals surface area contributed by atoms with Crippen LogP contribution in [0.2, 0.25) is 0 Å². The quantitative estimate of drug-likeness (QED) is 0.543. The summed E-state index contributed by atoms with van der Waals surface area (Å²) < 4.78 is 1.51. The van der Waals surface area contributed by atoms with Gasteiger partial charge < -0.3 is 5.21 Å². The van der Waals surface area contributed by atoms with Gasteiger partial charge in [-0.25, -0.2) is 0 Å². The molecule has 0 aliphatic rings. The molecular weight excluding hydrogens is 158 g/mol. The molecule has 1 heterocycles. The maximum atomic E-state index is 9.14. The highest BCUT2D eigenvalue weighted by Crippen LogP contribution is 2.04. The SMILES string of the molecule is CCCc1cccn(O)c1=S. The molecule has 0 saturated heterocycles. The fourth-order valence-electron chi connectivity index (χ4n) is 0.986. The summed E-state index contributed by atoms with van der Waals surface area (Å²) in [5.41, 5.74) is 1.03. The normalized spacial score (nSPS) is 9.91. The Labute approximate surface area is 71.1 Å². The molecule has 0 saturated carbocycles. The predicted octanol–water partition coefficient (Wildman–Crippen LogP) is 2.41. The molecule has 0 radical (unpaired) electrons. The summed E-state index contributed by atoms with van der Waals surface area (Å²) in [4.78, 5) is 0. The minimum Gasteiger partial charge on any atom is -0.428 e. The maximum Gasteiger partial charge on any atom is 0.145 e. The third kappa shape index (κ3) is 1.80. The molecule has 2 nitrogen and oxygen atoms in total. The summed E-state index contributed by atoms with van der Waals surface area (Å²) >= 11 is 4.97. The Morgan fingerprint density at radius 2 is 2.36 bits per heavy atom. The first-order valence-electron chi connectivity index (χ1n) is 3.65. The van der Waals surface area contributed by atoms with Crippen molar-refractivity contribution in [3.05, 3.63) is 28.5 Å². The molecule has 1 N–H and O–H groups in total. The second-order valence-electron chi connectivity index (χ2n) is 2.43. The Kier molecular flexibility index (Phi) is 2.65. The fourth-order valence-corrected chi connectivity index (χ4v) is 1.22. The zero-order chi connectivity index (χ0) is 8.27. The van der Waals surface area contributed by atoms with Gasteiger partial charge in [-0.2, -0.15) is 4.73 Å². The molecule has 0 amide bonds. The topological polar surface area (TPSA) is 25.2 Å². The predicted molar refractivity (Wildman–Crippen MR) is 46.4 cm³/mol. The molecule has 0 aliphatic heterocycles. The summed E-state index contributed by atoms with van der Waals surface area (Å²) in [5, 5.41) is 9.14. The van der Waals surface area contributed by atoms with Crippen molar-refractivity contribution in [3.8, 4) is 0 Å². The van der Waals surface area contributed by atoms with Crippen molar-refractivity contribution in [2.24, 2.45) is 0 Å². The van der Waals surface area contributed by atoms with Crippen molar-refractivity contribution in [1.82, 2.24) is 4.73 Å². The van der Waals surface area contributed by atoms with Gasteiger partial charge in [-0.1, -0.05) is 31.6 Å². The van der Waals surface area contributed by atoms with Crippen LogP contribution in [0.3, 0.4) is 0 Å². The first-order valence-corrected chi connectivity index (χ1v) is 4.06. The first-order chi connectivity index (χ1) is 5.25. The largest absolute Gasteiger partial charge is 0.428 e. The minimum atomic E-state index is 0.523. The molecule has 0 aliphatic carbocycles. The van der Waals surface area contributed by atoms with Gasteiger partial charge in [0.15, 0.2) is 0 Å². The fraction of sp³-hybridized carbons (Fsp3) is 0.375. The zero-order valence-corrected chi connectivity index (χ0v) is 7.27. The minimum absolute atomic E-state index is 0.523. The molecule has 0 spiro atoms. The van der Waals surface area contributed by atoms with Crippen molar-refractivity contribution in [2.45, 2.75) is 19.8 Å². The summed E-state index contributed by atoms with van der Waals surface area (Å²) in [6.07, 6.45) is 3.52. The summed E-state index contributed by atoms with van der Waals surface area (Å²) in [5.74, 6) is 0. The van der Waals surface area contributed by atoms with E-state index in [1.165, 1.54) is 0 Å². The number of aryl methyl sites for hydroxylation is 1. The number of nitrogens with zero attached hydrogens (tertiary/aromatic N) is 1. The zero-order valence-electron chi connectivity index (χ0n) is 6.45. The molecule has 1 rings (SSSR count). The molecule has 0 bridgehead atoms. The van der Waals surface area contributed by atoms with Gasteiger partial charge in [0.05, 0.1) is 0 Å². The van der Waals surface area contributed by atoms with E-state index in [0.29, 0.717) is 4.64 Å². The number of hydrogen-bond acceptors (Lipinski definition) is 2. The van der Waals surface area contributed by atoms with Gasteiger partial charge in [-0.05, 0) is 18.1 Å². The van der Waals surface area contributed by atoms with Gasteiger partial charge in [-0.15, -0.1) is 0 Å². The van der Waals surface area contributed by atoms with Gasteiger partial charge in [0, 0.05) is 6.20 Å². The van der Waals surface area contributed by atoms with Crippen LogP contribution in [0.25, 0.3) is 0 Å².